The lowest BCUT2D eigenvalue weighted by molar-refractivity contribution is 0.241. The second-order valence-corrected chi connectivity index (χ2v) is 5.76. The van der Waals surface area contributed by atoms with E-state index in [1.165, 1.54) is 31.2 Å². The fraction of sp³-hybridized carbons (Fsp3) is 0.625. The van der Waals surface area contributed by atoms with Crippen molar-refractivity contribution < 1.29 is 4.74 Å². The monoisotopic (exact) mass is 247 g/mol. The van der Waals surface area contributed by atoms with Gasteiger partial charge in [0.05, 0.1) is 6.10 Å². The van der Waals surface area contributed by atoms with Crippen LogP contribution in [0.25, 0.3) is 0 Å². The van der Waals surface area contributed by atoms with Gasteiger partial charge in [0, 0.05) is 5.54 Å². The molecule has 0 bridgehead atoms. The van der Waals surface area contributed by atoms with Crippen LogP contribution in [0.5, 0.6) is 5.75 Å². The van der Waals surface area contributed by atoms with Crippen LogP contribution >= 0.6 is 0 Å². The Hall–Kier alpha value is -1.02. The van der Waals surface area contributed by atoms with Crippen molar-refractivity contribution in [2.75, 3.05) is 0 Å². The molecule has 2 N–H and O–H groups in total. The Kier molecular flexibility index (Phi) is 4.28. The second-order valence-electron chi connectivity index (χ2n) is 5.76. The fourth-order valence-corrected chi connectivity index (χ4v) is 2.80. The van der Waals surface area contributed by atoms with E-state index in [0.717, 1.165) is 18.6 Å². The minimum Gasteiger partial charge on any atom is -0.491 e. The van der Waals surface area contributed by atoms with Gasteiger partial charge >= 0.3 is 0 Å². The summed E-state index contributed by atoms with van der Waals surface area (Å²) in [5, 5.41) is 0. The van der Waals surface area contributed by atoms with Crippen LogP contribution in [-0.4, -0.2) is 6.10 Å². The minimum atomic E-state index is -0.146. The van der Waals surface area contributed by atoms with Crippen molar-refractivity contribution in [2.45, 2.75) is 64.0 Å². The molecule has 1 fully saturated rings. The number of hydrogen-bond donors (Lipinski definition) is 1. The summed E-state index contributed by atoms with van der Waals surface area (Å²) < 4.78 is 5.77. The van der Waals surface area contributed by atoms with E-state index in [-0.39, 0.29) is 11.6 Å². The van der Waals surface area contributed by atoms with Crippen LogP contribution in [0, 0.1) is 0 Å². The lowest BCUT2D eigenvalue weighted by Gasteiger charge is -2.29. The first kappa shape index (κ1) is 13.4. The fourth-order valence-electron chi connectivity index (χ4n) is 2.80. The van der Waals surface area contributed by atoms with Crippen LogP contribution < -0.4 is 10.5 Å². The number of nitrogens with two attached hydrogens (primary N) is 1. The predicted octanol–water partition coefficient (Wildman–Crippen LogP) is 3.98. The molecule has 2 heteroatoms. The van der Waals surface area contributed by atoms with Gasteiger partial charge in [0.25, 0.3) is 0 Å². The molecular weight excluding hydrogens is 222 g/mol. The third-order valence-corrected chi connectivity index (χ3v) is 3.78. The Bertz CT molecular complexity index is 378. The Labute approximate surface area is 111 Å². The van der Waals surface area contributed by atoms with Gasteiger partial charge in [-0.05, 0) is 44.4 Å². The smallest absolute Gasteiger partial charge is 0.120 e. The van der Waals surface area contributed by atoms with Crippen LogP contribution in [-0.2, 0) is 5.54 Å². The number of hydrogen-bond acceptors (Lipinski definition) is 2. The van der Waals surface area contributed by atoms with E-state index in [2.05, 4.69) is 32.0 Å². The Morgan fingerprint density at radius 3 is 2.39 bits per heavy atom. The molecule has 1 aliphatic rings. The highest BCUT2D eigenvalue weighted by molar-refractivity contribution is 5.33. The van der Waals surface area contributed by atoms with Gasteiger partial charge in [0.1, 0.15) is 5.75 Å². The van der Waals surface area contributed by atoms with Gasteiger partial charge in [-0.3, -0.25) is 0 Å². The molecule has 100 valence electrons. The topological polar surface area (TPSA) is 35.2 Å². The number of rotatable bonds is 3. The van der Waals surface area contributed by atoms with Gasteiger partial charge in [-0.15, -0.1) is 0 Å². The van der Waals surface area contributed by atoms with E-state index in [1.807, 2.05) is 6.07 Å². The first-order valence-corrected chi connectivity index (χ1v) is 7.16. The lowest BCUT2D eigenvalue weighted by Crippen LogP contribution is -2.36. The van der Waals surface area contributed by atoms with Gasteiger partial charge in [-0.2, -0.15) is 0 Å². The first-order chi connectivity index (χ1) is 8.60. The maximum absolute atomic E-state index is 6.62. The van der Waals surface area contributed by atoms with Gasteiger partial charge in [-0.1, -0.05) is 37.8 Å². The Balaban J connectivity index is 2.20. The maximum Gasteiger partial charge on any atom is 0.120 e. The summed E-state index contributed by atoms with van der Waals surface area (Å²) in [6, 6.07) is 8.36. The van der Waals surface area contributed by atoms with E-state index in [0.29, 0.717) is 0 Å². The van der Waals surface area contributed by atoms with Crippen LogP contribution in [0.3, 0.4) is 0 Å². The molecule has 0 aromatic heterocycles. The molecule has 18 heavy (non-hydrogen) atoms. The van der Waals surface area contributed by atoms with Gasteiger partial charge in [-0.25, -0.2) is 0 Å². The third-order valence-electron chi connectivity index (χ3n) is 3.78. The molecule has 0 amide bonds. The molecule has 0 aliphatic heterocycles. The van der Waals surface area contributed by atoms with E-state index in [9.17, 15) is 0 Å². The number of benzene rings is 1. The molecule has 0 unspecified atom stereocenters. The largest absolute Gasteiger partial charge is 0.491 e. The molecule has 1 saturated carbocycles. The molecule has 0 heterocycles. The van der Waals surface area contributed by atoms with Crippen molar-refractivity contribution in [3.05, 3.63) is 29.8 Å². The van der Waals surface area contributed by atoms with Gasteiger partial charge < -0.3 is 10.5 Å². The van der Waals surface area contributed by atoms with E-state index in [4.69, 9.17) is 10.5 Å². The van der Waals surface area contributed by atoms with Crippen LogP contribution in [0.15, 0.2) is 24.3 Å². The van der Waals surface area contributed by atoms with Crippen LogP contribution in [0.4, 0.5) is 0 Å². The zero-order valence-electron chi connectivity index (χ0n) is 11.6. The quantitative estimate of drug-likeness (QED) is 0.820. The zero-order valence-corrected chi connectivity index (χ0v) is 11.6. The van der Waals surface area contributed by atoms with Crippen molar-refractivity contribution in [1.29, 1.82) is 0 Å². The molecule has 0 saturated heterocycles. The summed E-state index contributed by atoms with van der Waals surface area (Å²) in [7, 11) is 0. The van der Waals surface area contributed by atoms with Gasteiger partial charge in [0.15, 0.2) is 0 Å². The predicted molar refractivity (Wildman–Crippen MR) is 75.8 cm³/mol. The summed E-state index contributed by atoms with van der Waals surface area (Å²) in [4.78, 5) is 0. The molecular formula is C16H25NO. The lowest BCUT2D eigenvalue weighted by atomic mass is 9.84. The molecule has 1 aromatic carbocycles. The average molecular weight is 247 g/mol. The summed E-state index contributed by atoms with van der Waals surface area (Å²) in [6.45, 7) is 4.10. The van der Waals surface area contributed by atoms with E-state index in [1.54, 1.807) is 0 Å². The number of ether oxygens (including phenoxy) is 1. The van der Waals surface area contributed by atoms with E-state index < -0.39 is 0 Å². The second kappa shape index (κ2) is 5.75. The highest BCUT2D eigenvalue weighted by Crippen LogP contribution is 2.35. The molecule has 2 nitrogen and oxygen atoms in total. The summed E-state index contributed by atoms with van der Waals surface area (Å²) in [5.41, 5.74) is 7.72. The highest BCUT2D eigenvalue weighted by atomic mass is 16.5. The summed E-state index contributed by atoms with van der Waals surface area (Å²) in [6.07, 6.45) is 7.53. The van der Waals surface area contributed by atoms with Crippen molar-refractivity contribution in [2.24, 2.45) is 5.73 Å². The minimum absolute atomic E-state index is 0.146. The Morgan fingerprint density at radius 1 is 1.11 bits per heavy atom. The van der Waals surface area contributed by atoms with Crippen LogP contribution in [0.1, 0.15) is 57.9 Å². The molecule has 1 aromatic rings. The highest BCUT2D eigenvalue weighted by Gasteiger charge is 2.28. The third kappa shape index (κ3) is 3.26. The van der Waals surface area contributed by atoms with Crippen molar-refractivity contribution in [3.63, 3.8) is 0 Å². The first-order valence-electron chi connectivity index (χ1n) is 7.16. The van der Waals surface area contributed by atoms with Crippen LogP contribution in [0.2, 0.25) is 0 Å². The molecule has 0 atom stereocenters. The molecule has 0 radical (unpaired) electrons. The summed E-state index contributed by atoms with van der Waals surface area (Å²) >= 11 is 0. The maximum atomic E-state index is 6.62. The van der Waals surface area contributed by atoms with Crippen molar-refractivity contribution in [1.82, 2.24) is 0 Å². The zero-order chi connectivity index (χ0) is 13.0. The SMILES string of the molecule is CC(C)Oc1cccc(C2(N)CCCCCC2)c1. The molecule has 2 rings (SSSR count). The molecule has 0 spiro atoms. The van der Waals surface area contributed by atoms with E-state index >= 15 is 0 Å². The van der Waals surface area contributed by atoms with Gasteiger partial charge in [0.2, 0.25) is 0 Å². The van der Waals surface area contributed by atoms with Crippen molar-refractivity contribution in [3.8, 4) is 5.75 Å². The summed E-state index contributed by atoms with van der Waals surface area (Å²) in [5.74, 6) is 0.941. The molecule has 1 aliphatic carbocycles. The normalized spacial score (nSPS) is 19.6. The Morgan fingerprint density at radius 2 is 1.78 bits per heavy atom. The standard InChI is InChI=1S/C16H25NO/c1-13(2)18-15-9-7-8-14(12-15)16(17)10-5-3-4-6-11-16/h7-9,12-13H,3-6,10-11,17H2,1-2H3. The van der Waals surface area contributed by atoms with Crippen molar-refractivity contribution >= 4 is 0 Å². The average Bonchev–Trinajstić information content (AvgIpc) is 2.55.